The van der Waals surface area contributed by atoms with Crippen LogP contribution in [0, 0.1) is 5.41 Å². The molecule has 0 aliphatic carbocycles. The molecule has 10 nitrogen and oxygen atoms in total. The summed E-state index contributed by atoms with van der Waals surface area (Å²) in [4.78, 5) is 32.0. The molecule has 10 heteroatoms. The lowest BCUT2D eigenvalue weighted by atomic mass is 9.71. The molecule has 5 heterocycles. The summed E-state index contributed by atoms with van der Waals surface area (Å²) in [5.74, 6) is 1.41. The van der Waals surface area contributed by atoms with Crippen LogP contribution in [0.2, 0.25) is 0 Å². The third-order valence-corrected chi connectivity index (χ3v) is 8.56. The molecule has 0 radical (unpaired) electrons. The Kier molecular flexibility index (Phi) is 7.49. The molecule has 0 bridgehead atoms. The summed E-state index contributed by atoms with van der Waals surface area (Å²) >= 11 is 0. The van der Waals surface area contributed by atoms with Crippen molar-refractivity contribution < 1.29 is 4.74 Å². The molecule has 0 atom stereocenters. The van der Waals surface area contributed by atoms with Crippen molar-refractivity contribution in [3.63, 3.8) is 0 Å². The zero-order chi connectivity index (χ0) is 28.4. The van der Waals surface area contributed by atoms with Gasteiger partial charge in [0.15, 0.2) is 11.5 Å². The van der Waals surface area contributed by atoms with Gasteiger partial charge < -0.3 is 19.9 Å². The van der Waals surface area contributed by atoms with E-state index < -0.39 is 0 Å². The number of hydrogen-bond acceptors (Lipinski definition) is 8. The number of nitrogens with one attached hydrogen (secondary N) is 1. The van der Waals surface area contributed by atoms with E-state index in [0.717, 1.165) is 18.8 Å². The van der Waals surface area contributed by atoms with Gasteiger partial charge in [-0.25, -0.2) is 14.3 Å². The van der Waals surface area contributed by atoms with Crippen LogP contribution < -0.4 is 20.5 Å². The Balaban J connectivity index is 1.22. The van der Waals surface area contributed by atoms with E-state index in [1.54, 1.807) is 27.7 Å². The molecular formula is C31H38N8O2. The maximum atomic E-state index is 13.2. The van der Waals surface area contributed by atoms with E-state index in [-0.39, 0.29) is 5.56 Å². The van der Waals surface area contributed by atoms with Gasteiger partial charge in [-0.3, -0.25) is 4.79 Å². The highest BCUT2D eigenvalue weighted by Crippen LogP contribution is 2.42. The van der Waals surface area contributed by atoms with Crippen LogP contribution >= 0.6 is 0 Å². The normalized spacial score (nSPS) is 17.2. The Bertz CT molecular complexity index is 1570. The van der Waals surface area contributed by atoms with Crippen LogP contribution in [-0.2, 0) is 6.54 Å². The van der Waals surface area contributed by atoms with Gasteiger partial charge in [0, 0.05) is 36.7 Å². The van der Waals surface area contributed by atoms with Gasteiger partial charge in [0.2, 0.25) is 11.8 Å². The second-order valence-electron chi connectivity index (χ2n) is 11.1. The number of ether oxygens (including phenoxy) is 1. The fourth-order valence-electron chi connectivity index (χ4n) is 6.08. The molecule has 2 saturated heterocycles. The van der Waals surface area contributed by atoms with Crippen LogP contribution in [-0.4, -0.2) is 69.0 Å². The van der Waals surface area contributed by atoms with Crippen LogP contribution in [0.25, 0.3) is 16.9 Å². The van der Waals surface area contributed by atoms with Gasteiger partial charge in [-0.05, 0) is 88.5 Å². The number of likely N-dealkylation sites (tertiary alicyclic amines) is 1. The summed E-state index contributed by atoms with van der Waals surface area (Å²) in [6, 6.07) is 13.9. The molecule has 4 aromatic rings. The molecular weight excluding hydrogens is 516 g/mol. The van der Waals surface area contributed by atoms with E-state index in [1.165, 1.54) is 44.5 Å². The number of rotatable bonds is 8. The number of allylic oxidation sites excluding steroid dienone is 1. The number of pyridine rings is 1. The predicted molar refractivity (Wildman–Crippen MR) is 163 cm³/mol. The van der Waals surface area contributed by atoms with E-state index >= 15 is 0 Å². The topological polar surface area (TPSA) is 93.3 Å². The average molecular weight is 555 g/mol. The maximum absolute atomic E-state index is 13.2. The van der Waals surface area contributed by atoms with Gasteiger partial charge in [0.1, 0.15) is 5.39 Å². The summed E-state index contributed by atoms with van der Waals surface area (Å²) in [7, 11) is 2.23. The second kappa shape index (κ2) is 11.4. The molecule has 6 rings (SSSR count). The largest absolute Gasteiger partial charge is 0.478 e. The van der Waals surface area contributed by atoms with Crippen LogP contribution in [0.3, 0.4) is 0 Å². The molecule has 214 valence electrons. The number of nitrogens with zero attached hydrogens (tertiary/aromatic N) is 7. The van der Waals surface area contributed by atoms with Gasteiger partial charge in [0.25, 0.3) is 5.56 Å². The van der Waals surface area contributed by atoms with E-state index in [9.17, 15) is 4.79 Å². The average Bonchev–Trinajstić information content (AvgIpc) is 3.26. The molecule has 1 spiro atoms. The standard InChI is InChI=1S/C31H38N8O2/c1-4-17-38-29(40)25-22-32-30(35-28(25)39(38)26-7-6-8-27(34-26)41-5-2)33-23-9-11-24(12-10-23)37-20-15-31(16-21-37)13-18-36(3)19-14-31/h4,6-12,22H,1,5,13-21H2,2-3H3,(H,32,33,35). The lowest BCUT2D eigenvalue weighted by molar-refractivity contribution is 0.0945. The molecule has 0 unspecified atom stereocenters. The first-order chi connectivity index (χ1) is 20.0. The van der Waals surface area contributed by atoms with Crippen molar-refractivity contribution in [3.05, 3.63) is 71.7 Å². The smallest absolute Gasteiger partial charge is 0.278 e. The van der Waals surface area contributed by atoms with Crippen LogP contribution in [0.4, 0.5) is 17.3 Å². The SMILES string of the molecule is C=CCn1c(=O)c2cnc(Nc3ccc(N4CCC5(CCN(C)CC5)CC4)cc3)nc2n1-c1cccc(OCC)n1. The fraction of sp³-hybridized carbons (Fsp3) is 0.419. The highest BCUT2D eigenvalue weighted by Gasteiger charge is 2.36. The van der Waals surface area contributed by atoms with Crippen molar-refractivity contribution in [1.29, 1.82) is 0 Å². The van der Waals surface area contributed by atoms with E-state index in [1.807, 2.05) is 19.1 Å². The summed E-state index contributed by atoms with van der Waals surface area (Å²) in [5.41, 5.74) is 2.91. The second-order valence-corrected chi connectivity index (χ2v) is 11.1. The lowest BCUT2D eigenvalue weighted by Gasteiger charge is -2.46. The Morgan fingerprint density at radius 2 is 1.76 bits per heavy atom. The highest BCUT2D eigenvalue weighted by molar-refractivity contribution is 5.77. The molecule has 0 saturated carbocycles. The fourth-order valence-corrected chi connectivity index (χ4v) is 6.08. The first kappa shape index (κ1) is 27.0. The van der Waals surface area contributed by atoms with Crippen molar-refractivity contribution in [2.75, 3.05) is 50.1 Å². The van der Waals surface area contributed by atoms with Crippen LogP contribution in [0.5, 0.6) is 5.88 Å². The van der Waals surface area contributed by atoms with Crippen molar-refractivity contribution >= 4 is 28.4 Å². The van der Waals surface area contributed by atoms with Gasteiger partial charge in [0.05, 0.1) is 13.2 Å². The van der Waals surface area contributed by atoms with Crippen LogP contribution in [0.15, 0.2) is 66.1 Å². The summed E-state index contributed by atoms with van der Waals surface area (Å²) in [6.45, 7) is 11.2. The molecule has 2 aliphatic rings. The Morgan fingerprint density at radius 1 is 1.02 bits per heavy atom. The van der Waals surface area contributed by atoms with E-state index in [0.29, 0.717) is 47.2 Å². The highest BCUT2D eigenvalue weighted by atomic mass is 16.5. The van der Waals surface area contributed by atoms with Crippen molar-refractivity contribution in [2.45, 2.75) is 39.2 Å². The quantitative estimate of drug-likeness (QED) is 0.316. The number of aromatic nitrogens is 5. The zero-order valence-electron chi connectivity index (χ0n) is 23.9. The number of hydrogen-bond donors (Lipinski definition) is 1. The monoisotopic (exact) mass is 554 g/mol. The molecule has 2 aliphatic heterocycles. The minimum Gasteiger partial charge on any atom is -0.478 e. The van der Waals surface area contributed by atoms with Crippen molar-refractivity contribution in [1.82, 2.24) is 29.2 Å². The minimum atomic E-state index is -0.206. The zero-order valence-corrected chi connectivity index (χ0v) is 23.9. The molecule has 2 fully saturated rings. The third-order valence-electron chi connectivity index (χ3n) is 8.56. The summed E-state index contributed by atoms with van der Waals surface area (Å²) in [6.07, 6.45) is 8.42. The first-order valence-electron chi connectivity index (χ1n) is 14.5. The first-order valence-corrected chi connectivity index (χ1v) is 14.5. The number of fused-ring (bicyclic) bond motifs is 1. The molecule has 1 N–H and O–H groups in total. The van der Waals surface area contributed by atoms with Crippen molar-refractivity contribution in [2.24, 2.45) is 5.41 Å². The molecule has 1 aromatic carbocycles. The number of anilines is 3. The van der Waals surface area contributed by atoms with Crippen molar-refractivity contribution in [3.8, 4) is 11.7 Å². The van der Waals surface area contributed by atoms with Crippen LogP contribution in [0.1, 0.15) is 32.6 Å². The summed E-state index contributed by atoms with van der Waals surface area (Å²) < 4.78 is 8.85. The summed E-state index contributed by atoms with van der Waals surface area (Å²) in [5, 5.41) is 3.72. The minimum absolute atomic E-state index is 0.206. The number of benzene rings is 1. The van der Waals surface area contributed by atoms with E-state index in [2.05, 4.69) is 63.0 Å². The Morgan fingerprint density at radius 3 is 2.46 bits per heavy atom. The van der Waals surface area contributed by atoms with Gasteiger partial charge in [-0.2, -0.15) is 9.97 Å². The maximum Gasteiger partial charge on any atom is 0.278 e. The number of piperidine rings is 2. The molecule has 0 amide bonds. The van der Waals surface area contributed by atoms with Gasteiger partial charge in [-0.15, -0.1) is 6.58 Å². The van der Waals surface area contributed by atoms with Gasteiger partial charge >= 0.3 is 0 Å². The van der Waals surface area contributed by atoms with E-state index in [4.69, 9.17) is 9.72 Å². The Labute approximate surface area is 240 Å². The Hall–Kier alpha value is -4.18. The third kappa shape index (κ3) is 5.44. The molecule has 3 aromatic heterocycles. The van der Waals surface area contributed by atoms with Gasteiger partial charge in [-0.1, -0.05) is 12.1 Å². The molecule has 41 heavy (non-hydrogen) atoms. The lowest BCUT2D eigenvalue weighted by Crippen LogP contribution is -2.46. The predicted octanol–water partition coefficient (Wildman–Crippen LogP) is 4.62.